The molecule has 57 heavy (non-hydrogen) atoms. The molecule has 4 atom stereocenters. The smallest absolute Gasteiger partial charge is 0.322 e. The summed E-state index contributed by atoms with van der Waals surface area (Å²) >= 11 is 0. The molecule has 318 valence electrons. The topological polar surface area (TPSA) is 105 Å². The summed E-state index contributed by atoms with van der Waals surface area (Å²) in [5.74, 6) is -1.77. The predicted octanol–water partition coefficient (Wildman–Crippen LogP) is 9.16. The molecule has 0 aromatic carbocycles. The van der Waals surface area contributed by atoms with Gasteiger partial charge >= 0.3 is 11.9 Å². The molecule has 2 saturated heterocycles. The van der Waals surface area contributed by atoms with Gasteiger partial charge in [0.2, 0.25) is 0 Å². The number of carbonyl (C=O) groups is 3. The number of ketones is 1. The van der Waals surface area contributed by atoms with E-state index in [1.807, 2.05) is 36.4 Å². The summed E-state index contributed by atoms with van der Waals surface area (Å²) in [5.41, 5.74) is -2.29. The van der Waals surface area contributed by atoms with Gasteiger partial charge in [0.15, 0.2) is 16.6 Å². The van der Waals surface area contributed by atoms with Crippen molar-refractivity contribution in [3.8, 4) is 0 Å². The van der Waals surface area contributed by atoms with Gasteiger partial charge < -0.3 is 9.47 Å². The Kier molecular flexibility index (Phi) is 19.1. The number of hydrogen-bond donors (Lipinski definition) is 0. The second-order valence-electron chi connectivity index (χ2n) is 17.2. The highest BCUT2D eigenvalue weighted by molar-refractivity contribution is 6.17. The number of rotatable bonds is 26. The lowest BCUT2D eigenvalue weighted by Crippen LogP contribution is -2.76. The molecule has 2 aromatic heterocycles. The van der Waals surface area contributed by atoms with E-state index in [2.05, 4.69) is 49.3 Å². The van der Waals surface area contributed by atoms with Crippen LogP contribution in [0.4, 0.5) is 0 Å². The third-order valence-electron chi connectivity index (χ3n) is 12.7. The van der Waals surface area contributed by atoms with Crippen molar-refractivity contribution in [1.29, 1.82) is 0 Å². The van der Waals surface area contributed by atoms with Crippen LogP contribution in [0.2, 0.25) is 0 Å². The van der Waals surface area contributed by atoms with Gasteiger partial charge in [-0.05, 0) is 64.9 Å². The van der Waals surface area contributed by atoms with Crippen LogP contribution in [0.15, 0.2) is 48.8 Å². The fourth-order valence-corrected chi connectivity index (χ4v) is 9.89. The van der Waals surface area contributed by atoms with Crippen LogP contribution < -0.4 is 0 Å². The maximum atomic E-state index is 15.6. The molecular weight excluding hydrogens is 715 g/mol. The number of fused-ring (bicyclic) bond motifs is 2. The zero-order chi connectivity index (χ0) is 41.3. The van der Waals surface area contributed by atoms with Gasteiger partial charge in [-0.2, -0.15) is 0 Å². The maximum absolute atomic E-state index is 15.6. The second-order valence-corrected chi connectivity index (χ2v) is 17.2. The number of pyridine rings is 2. The Balaban J connectivity index is 1.59. The molecule has 2 aliphatic rings. The van der Waals surface area contributed by atoms with Crippen molar-refractivity contribution in [2.75, 3.05) is 46.9 Å². The number of ether oxygens (including phenoxy) is 2. The molecule has 2 fully saturated rings. The molecule has 0 N–H and O–H groups in total. The maximum Gasteiger partial charge on any atom is 0.322 e. The lowest BCUT2D eigenvalue weighted by Gasteiger charge is -2.61. The van der Waals surface area contributed by atoms with Crippen LogP contribution in [-0.4, -0.2) is 101 Å². The Hall–Kier alpha value is -3.21. The zero-order valence-electron chi connectivity index (χ0n) is 36.6. The highest BCUT2D eigenvalue weighted by Crippen LogP contribution is 2.60. The monoisotopic (exact) mass is 790 g/mol. The molecule has 0 spiro atoms. The fraction of sp³-hybridized carbons (Fsp3) is 0.723. The highest BCUT2D eigenvalue weighted by atomic mass is 16.5. The standard InChI is InChI=1S/C47H75N5O5/c1-8-9-10-11-12-13-14-15-16-17-18-19-20-21-22-27-32-52-41(39-28-23-25-30-48-39)46(44(54)56-6)35-50(33-34-51(37(2)3)38(4)5)36-47(43(46)53,45(55)57-7)42(52)40-29-24-26-31-49-40/h23-26,28-31,37-38,41-42H,8-22,27,32-36H2,1-7H3/t41-,42+,46-,47+. The lowest BCUT2D eigenvalue weighted by atomic mass is 9.54. The number of methoxy groups -OCH3 is 2. The highest BCUT2D eigenvalue weighted by Gasteiger charge is 2.75. The van der Waals surface area contributed by atoms with Crippen LogP contribution in [0.3, 0.4) is 0 Å². The summed E-state index contributed by atoms with van der Waals surface area (Å²) in [7, 11) is 2.67. The van der Waals surface area contributed by atoms with E-state index >= 15 is 4.79 Å². The number of likely N-dealkylation sites (tertiary alicyclic amines) is 2. The number of carbonyl (C=O) groups excluding carboxylic acids is 3. The first-order valence-electron chi connectivity index (χ1n) is 22.4. The molecule has 2 aromatic rings. The number of piperidine rings is 2. The van der Waals surface area contributed by atoms with Gasteiger partial charge in [0.25, 0.3) is 0 Å². The van der Waals surface area contributed by atoms with Crippen molar-refractivity contribution < 1.29 is 23.9 Å². The van der Waals surface area contributed by atoms with E-state index in [-0.39, 0.29) is 25.2 Å². The normalized spacial score (nSPS) is 22.7. The molecule has 4 heterocycles. The molecule has 10 heteroatoms. The van der Waals surface area contributed by atoms with Crippen LogP contribution in [0, 0.1) is 10.8 Å². The summed E-state index contributed by atoms with van der Waals surface area (Å²) < 4.78 is 11.2. The van der Waals surface area contributed by atoms with E-state index in [1.54, 1.807) is 12.4 Å². The van der Waals surface area contributed by atoms with E-state index in [4.69, 9.17) is 19.4 Å². The third-order valence-corrected chi connectivity index (χ3v) is 12.7. The SMILES string of the molecule is CCCCCCCCCCCCCCCCCCN1[C@@H](c2ccccn2)[C@@]2(C(=O)OC)CN(CCN(C(C)C)C(C)C)C[C@](C(=O)OC)(C2=O)[C@H]1c1ccccn1. The first-order valence-corrected chi connectivity index (χ1v) is 22.4. The Labute approximate surface area is 344 Å². The first kappa shape index (κ1) is 46.5. The minimum Gasteiger partial charge on any atom is -0.468 e. The largest absolute Gasteiger partial charge is 0.468 e. The van der Waals surface area contributed by atoms with Crippen LogP contribution >= 0.6 is 0 Å². The molecular formula is C47H75N5O5. The van der Waals surface area contributed by atoms with E-state index in [1.165, 1.54) is 97.7 Å². The number of unbranched alkanes of at least 4 members (excludes halogenated alkanes) is 15. The molecule has 4 rings (SSSR count). The Morgan fingerprint density at radius 3 is 1.42 bits per heavy atom. The van der Waals surface area contributed by atoms with Gasteiger partial charge in [0.05, 0.1) is 37.7 Å². The van der Waals surface area contributed by atoms with Gasteiger partial charge in [-0.1, -0.05) is 115 Å². The number of hydrogen-bond acceptors (Lipinski definition) is 10. The summed E-state index contributed by atoms with van der Waals surface area (Å²) in [4.78, 5) is 61.0. The van der Waals surface area contributed by atoms with Gasteiger partial charge in [-0.15, -0.1) is 0 Å². The van der Waals surface area contributed by atoms with Gasteiger partial charge in [-0.3, -0.25) is 39.1 Å². The van der Waals surface area contributed by atoms with E-state index < -0.39 is 40.6 Å². The number of nitrogens with zero attached hydrogens (tertiary/aromatic N) is 5. The Morgan fingerprint density at radius 1 is 0.667 bits per heavy atom. The van der Waals surface area contributed by atoms with E-state index in [0.717, 1.165) is 19.3 Å². The average Bonchev–Trinajstić information content (AvgIpc) is 3.21. The van der Waals surface area contributed by atoms with Gasteiger partial charge in [0.1, 0.15) is 0 Å². The summed E-state index contributed by atoms with van der Waals surface area (Å²) in [6.45, 7) is 13.0. The van der Waals surface area contributed by atoms with Crippen molar-refractivity contribution >= 4 is 17.7 Å². The molecule has 2 bridgehead atoms. The molecule has 0 radical (unpaired) electrons. The number of Topliss-reactive ketones (excluding diaryl/α,β-unsaturated/α-hetero) is 1. The molecule has 2 aliphatic heterocycles. The van der Waals surface area contributed by atoms with Crippen molar-refractivity contribution in [2.24, 2.45) is 10.8 Å². The minimum absolute atomic E-state index is 0.104. The van der Waals surface area contributed by atoms with E-state index in [9.17, 15) is 9.59 Å². The van der Waals surface area contributed by atoms with Crippen molar-refractivity contribution in [1.82, 2.24) is 24.7 Å². The molecule has 0 saturated carbocycles. The van der Waals surface area contributed by atoms with Crippen LogP contribution in [0.1, 0.15) is 161 Å². The quantitative estimate of drug-likeness (QED) is 0.0521. The molecule has 0 aliphatic carbocycles. The van der Waals surface area contributed by atoms with Gasteiger partial charge in [0, 0.05) is 50.7 Å². The van der Waals surface area contributed by atoms with E-state index in [0.29, 0.717) is 31.0 Å². The van der Waals surface area contributed by atoms with Crippen molar-refractivity contribution in [3.05, 3.63) is 60.2 Å². The molecule has 0 unspecified atom stereocenters. The van der Waals surface area contributed by atoms with Crippen LogP contribution in [-0.2, 0) is 23.9 Å². The van der Waals surface area contributed by atoms with Crippen LogP contribution in [0.25, 0.3) is 0 Å². The average molecular weight is 790 g/mol. The van der Waals surface area contributed by atoms with Gasteiger partial charge in [-0.25, -0.2) is 0 Å². The lowest BCUT2D eigenvalue weighted by molar-refractivity contribution is -0.206. The summed E-state index contributed by atoms with van der Waals surface area (Å²) in [5, 5.41) is 0. The Morgan fingerprint density at radius 2 is 1.07 bits per heavy atom. The second kappa shape index (κ2) is 23.4. The molecule has 0 amide bonds. The fourth-order valence-electron chi connectivity index (χ4n) is 9.89. The third kappa shape index (κ3) is 11.3. The number of esters is 2. The first-order chi connectivity index (χ1) is 27.6. The minimum atomic E-state index is -1.74. The predicted molar refractivity (Wildman–Crippen MR) is 228 cm³/mol. The zero-order valence-corrected chi connectivity index (χ0v) is 36.6. The summed E-state index contributed by atoms with van der Waals surface area (Å²) in [6.07, 6.45) is 23.6. The van der Waals surface area contributed by atoms with Crippen molar-refractivity contribution in [3.63, 3.8) is 0 Å². The Bertz CT molecular complexity index is 1400. The summed E-state index contributed by atoms with van der Waals surface area (Å²) in [6, 6.07) is 10.2. The van der Waals surface area contributed by atoms with Crippen molar-refractivity contribution in [2.45, 2.75) is 162 Å². The van der Waals surface area contributed by atoms with Crippen LogP contribution in [0.5, 0.6) is 0 Å². The molecule has 10 nitrogen and oxygen atoms in total. The number of aromatic nitrogens is 2.